The second-order valence-corrected chi connectivity index (χ2v) is 5.18. The van der Waals surface area contributed by atoms with Gasteiger partial charge >= 0.3 is 0 Å². The normalized spacial score (nSPS) is 43.4. The molecule has 0 spiro atoms. The van der Waals surface area contributed by atoms with Gasteiger partial charge in [0.05, 0.1) is 11.7 Å². The Bertz CT molecular complexity index is 188. The fourth-order valence-corrected chi connectivity index (χ4v) is 3.54. The van der Waals surface area contributed by atoms with Crippen molar-refractivity contribution in [3.8, 4) is 0 Å². The zero-order chi connectivity index (χ0) is 9.47. The minimum Gasteiger partial charge on any atom is -0.372 e. The maximum atomic E-state index is 6.19. The summed E-state index contributed by atoms with van der Waals surface area (Å²) in [6, 6.07) is 0. The molecule has 2 fully saturated rings. The average molecular weight is 182 g/mol. The van der Waals surface area contributed by atoms with Crippen LogP contribution in [0.5, 0.6) is 0 Å². The summed E-state index contributed by atoms with van der Waals surface area (Å²) in [4.78, 5) is 0. The molecule has 0 aliphatic heterocycles. The van der Waals surface area contributed by atoms with E-state index in [0.29, 0.717) is 11.7 Å². The molecule has 2 aliphatic carbocycles. The minimum atomic E-state index is 0.299. The first-order valence-corrected chi connectivity index (χ1v) is 5.84. The Kier molecular flexibility index (Phi) is 2.39. The van der Waals surface area contributed by atoms with Crippen molar-refractivity contribution in [2.45, 2.75) is 64.6 Å². The van der Waals surface area contributed by atoms with E-state index in [-0.39, 0.29) is 0 Å². The van der Waals surface area contributed by atoms with Gasteiger partial charge in [0.25, 0.3) is 0 Å². The van der Waals surface area contributed by atoms with Gasteiger partial charge in [0.1, 0.15) is 0 Å². The van der Waals surface area contributed by atoms with Crippen molar-refractivity contribution in [3.63, 3.8) is 0 Å². The smallest absolute Gasteiger partial charge is 0.0716 e. The topological polar surface area (TPSA) is 9.23 Å². The Morgan fingerprint density at radius 3 is 2.77 bits per heavy atom. The molecule has 13 heavy (non-hydrogen) atoms. The predicted octanol–water partition coefficient (Wildman–Crippen LogP) is 3.38. The van der Waals surface area contributed by atoms with Gasteiger partial charge in [0.15, 0.2) is 0 Å². The molecular formula is C12H22O. The summed E-state index contributed by atoms with van der Waals surface area (Å²) in [7, 11) is 0. The van der Waals surface area contributed by atoms with Gasteiger partial charge in [-0.25, -0.2) is 0 Å². The van der Waals surface area contributed by atoms with E-state index in [1.807, 2.05) is 0 Å². The van der Waals surface area contributed by atoms with Gasteiger partial charge in [-0.1, -0.05) is 13.3 Å². The maximum absolute atomic E-state index is 6.19. The fourth-order valence-electron chi connectivity index (χ4n) is 3.54. The molecule has 0 radical (unpaired) electrons. The van der Waals surface area contributed by atoms with Crippen LogP contribution in [-0.2, 0) is 4.74 Å². The van der Waals surface area contributed by atoms with Crippen LogP contribution in [0.1, 0.15) is 52.9 Å². The highest BCUT2D eigenvalue weighted by atomic mass is 16.5. The summed E-state index contributed by atoms with van der Waals surface area (Å²) in [6.45, 7) is 6.66. The highest BCUT2D eigenvalue weighted by molar-refractivity contribution is 5.03. The zero-order valence-electron chi connectivity index (χ0n) is 9.18. The van der Waals surface area contributed by atoms with Crippen molar-refractivity contribution >= 4 is 0 Å². The quantitative estimate of drug-likeness (QED) is 0.650. The Hall–Kier alpha value is -0.0400. The molecule has 0 aromatic heterocycles. The number of ether oxygens (including phenoxy) is 1. The Morgan fingerprint density at radius 2 is 2.23 bits per heavy atom. The van der Waals surface area contributed by atoms with Crippen molar-refractivity contribution in [2.24, 2.45) is 11.8 Å². The van der Waals surface area contributed by atoms with E-state index in [2.05, 4.69) is 20.8 Å². The fraction of sp³-hybridized carbons (Fsp3) is 1.00. The molecule has 2 bridgehead atoms. The lowest BCUT2D eigenvalue weighted by Crippen LogP contribution is -2.37. The molecule has 0 heterocycles. The van der Waals surface area contributed by atoms with Gasteiger partial charge in [-0.3, -0.25) is 0 Å². The largest absolute Gasteiger partial charge is 0.372 e. The third-order valence-electron chi connectivity index (χ3n) is 3.94. The lowest BCUT2D eigenvalue weighted by Gasteiger charge is -2.36. The molecule has 1 nitrogen and oxygen atoms in total. The predicted molar refractivity (Wildman–Crippen MR) is 54.7 cm³/mol. The first kappa shape index (κ1) is 9.51. The van der Waals surface area contributed by atoms with E-state index in [4.69, 9.17) is 4.74 Å². The zero-order valence-corrected chi connectivity index (χ0v) is 9.18. The number of rotatable bonds is 3. The Morgan fingerprint density at radius 1 is 1.46 bits per heavy atom. The summed E-state index contributed by atoms with van der Waals surface area (Å²) < 4.78 is 6.19. The van der Waals surface area contributed by atoms with Crippen LogP contribution >= 0.6 is 0 Å². The molecule has 0 aromatic rings. The van der Waals surface area contributed by atoms with Crippen LogP contribution in [0.4, 0.5) is 0 Å². The summed E-state index contributed by atoms with van der Waals surface area (Å²) in [5, 5.41) is 0. The lowest BCUT2D eigenvalue weighted by molar-refractivity contribution is -0.103. The molecule has 0 amide bonds. The first-order chi connectivity index (χ1) is 6.16. The number of fused-ring (bicyclic) bond motifs is 2. The average Bonchev–Trinajstić information content (AvgIpc) is 2.58. The molecule has 0 N–H and O–H groups in total. The van der Waals surface area contributed by atoms with E-state index >= 15 is 0 Å². The van der Waals surface area contributed by atoms with E-state index in [0.717, 1.165) is 11.8 Å². The van der Waals surface area contributed by atoms with Gasteiger partial charge in [0, 0.05) is 0 Å². The van der Waals surface area contributed by atoms with Gasteiger partial charge in [-0.2, -0.15) is 0 Å². The first-order valence-electron chi connectivity index (χ1n) is 5.84. The van der Waals surface area contributed by atoms with Crippen molar-refractivity contribution in [3.05, 3.63) is 0 Å². The summed E-state index contributed by atoms with van der Waals surface area (Å²) in [6.07, 6.45) is 7.25. The molecule has 1 heteroatoms. The minimum absolute atomic E-state index is 0.299. The molecule has 2 rings (SSSR count). The number of hydrogen-bond acceptors (Lipinski definition) is 1. The molecule has 0 aromatic carbocycles. The molecule has 76 valence electrons. The van der Waals surface area contributed by atoms with E-state index in [1.54, 1.807) is 0 Å². The van der Waals surface area contributed by atoms with Crippen molar-refractivity contribution in [1.29, 1.82) is 0 Å². The maximum Gasteiger partial charge on any atom is 0.0716 e. The summed E-state index contributed by atoms with van der Waals surface area (Å²) in [5.74, 6) is 1.84. The van der Waals surface area contributed by atoms with Gasteiger partial charge in [-0.05, 0) is 51.4 Å². The lowest BCUT2D eigenvalue weighted by atomic mass is 9.83. The van der Waals surface area contributed by atoms with Crippen molar-refractivity contribution in [2.75, 3.05) is 0 Å². The monoisotopic (exact) mass is 182 g/mol. The third-order valence-corrected chi connectivity index (χ3v) is 3.94. The Labute approximate surface area is 81.9 Å². The van der Waals surface area contributed by atoms with Gasteiger partial charge < -0.3 is 4.74 Å². The van der Waals surface area contributed by atoms with Crippen LogP contribution in [0, 0.1) is 11.8 Å². The molecular weight excluding hydrogens is 160 g/mol. The van der Waals surface area contributed by atoms with Crippen LogP contribution in [0.25, 0.3) is 0 Å². The van der Waals surface area contributed by atoms with Crippen LogP contribution in [0.2, 0.25) is 0 Å². The molecule has 2 saturated carbocycles. The third kappa shape index (κ3) is 1.52. The van der Waals surface area contributed by atoms with Gasteiger partial charge in [0.2, 0.25) is 0 Å². The second-order valence-electron chi connectivity index (χ2n) is 5.18. The van der Waals surface area contributed by atoms with Crippen LogP contribution in [-0.4, -0.2) is 11.7 Å². The summed E-state index contributed by atoms with van der Waals surface area (Å²) in [5.41, 5.74) is 0.299. The SMILES string of the molecule is CCC1CC2CCC1(OC(C)C)C2. The van der Waals surface area contributed by atoms with Crippen molar-refractivity contribution in [1.82, 2.24) is 0 Å². The van der Waals surface area contributed by atoms with Crippen LogP contribution in [0.15, 0.2) is 0 Å². The number of hydrogen-bond donors (Lipinski definition) is 0. The van der Waals surface area contributed by atoms with Gasteiger partial charge in [-0.15, -0.1) is 0 Å². The molecule has 3 unspecified atom stereocenters. The van der Waals surface area contributed by atoms with Crippen LogP contribution in [0.3, 0.4) is 0 Å². The van der Waals surface area contributed by atoms with Crippen LogP contribution < -0.4 is 0 Å². The summed E-state index contributed by atoms with van der Waals surface area (Å²) >= 11 is 0. The van der Waals surface area contributed by atoms with E-state index in [1.165, 1.54) is 32.1 Å². The van der Waals surface area contributed by atoms with Crippen molar-refractivity contribution < 1.29 is 4.74 Å². The van der Waals surface area contributed by atoms with E-state index < -0.39 is 0 Å². The Balaban J connectivity index is 2.09. The standard InChI is InChI=1S/C12H22O/c1-4-11-7-10-5-6-12(11,8-10)13-9(2)3/h9-11H,4-8H2,1-3H3. The second kappa shape index (κ2) is 3.27. The highest BCUT2D eigenvalue weighted by Crippen LogP contribution is 2.55. The molecule has 0 saturated heterocycles. The molecule has 2 aliphatic rings. The highest BCUT2D eigenvalue weighted by Gasteiger charge is 2.52. The molecule has 3 atom stereocenters. The van der Waals surface area contributed by atoms with E-state index in [9.17, 15) is 0 Å².